The molecule has 0 bridgehead atoms. The Morgan fingerprint density at radius 3 is 2.45 bits per heavy atom. The van der Waals surface area contributed by atoms with Crippen molar-refractivity contribution in [3.05, 3.63) is 93.7 Å². The topological polar surface area (TPSA) is 59.8 Å². The Labute approximate surface area is 181 Å². The van der Waals surface area contributed by atoms with Gasteiger partial charge >= 0.3 is 0 Å². The molecule has 0 radical (unpaired) electrons. The van der Waals surface area contributed by atoms with Crippen molar-refractivity contribution in [2.24, 2.45) is 0 Å². The number of carbonyl (C=O) groups is 1. The van der Waals surface area contributed by atoms with E-state index >= 15 is 0 Å². The van der Waals surface area contributed by atoms with Crippen LogP contribution < -0.4 is 5.32 Å². The van der Waals surface area contributed by atoms with Gasteiger partial charge in [-0.3, -0.25) is 4.79 Å². The molecule has 0 saturated heterocycles. The number of aryl methyl sites for hydroxylation is 1. The molecule has 0 atom stereocenters. The molecule has 1 N–H and O–H groups in total. The van der Waals surface area contributed by atoms with Gasteiger partial charge in [-0.05, 0) is 73.2 Å². The second-order valence-electron chi connectivity index (χ2n) is 6.48. The zero-order chi connectivity index (χ0) is 20.4. The summed E-state index contributed by atoms with van der Waals surface area (Å²) in [5.41, 5.74) is 3.38. The normalized spacial score (nSPS) is 10.7. The molecule has 0 unspecified atom stereocenters. The van der Waals surface area contributed by atoms with Gasteiger partial charge in [0.05, 0.1) is 5.69 Å². The third kappa shape index (κ3) is 4.39. The van der Waals surface area contributed by atoms with Gasteiger partial charge in [0.15, 0.2) is 5.82 Å². The van der Waals surface area contributed by atoms with Crippen LogP contribution in [0.5, 0.6) is 0 Å². The maximum atomic E-state index is 12.8. The van der Waals surface area contributed by atoms with Crippen molar-refractivity contribution in [1.29, 1.82) is 0 Å². The molecule has 1 heterocycles. The zero-order valence-corrected chi connectivity index (χ0v) is 17.8. The SMILES string of the molecule is Cc1cccc(-n2nc(C(=O)Nc3ccc(Br)cc3)nc2-c2ccc(Cl)cc2)c1. The van der Waals surface area contributed by atoms with Gasteiger partial charge in [0.25, 0.3) is 5.91 Å². The highest BCUT2D eigenvalue weighted by atomic mass is 79.9. The molecule has 4 rings (SSSR count). The van der Waals surface area contributed by atoms with E-state index in [4.69, 9.17) is 11.6 Å². The van der Waals surface area contributed by atoms with E-state index in [1.54, 1.807) is 28.9 Å². The molecule has 7 heteroatoms. The van der Waals surface area contributed by atoms with Crippen molar-refractivity contribution in [3.63, 3.8) is 0 Å². The number of hydrogen-bond donors (Lipinski definition) is 1. The van der Waals surface area contributed by atoms with Gasteiger partial charge in [0.2, 0.25) is 5.82 Å². The fourth-order valence-corrected chi connectivity index (χ4v) is 3.24. The van der Waals surface area contributed by atoms with Crippen molar-refractivity contribution in [3.8, 4) is 17.1 Å². The highest BCUT2D eigenvalue weighted by molar-refractivity contribution is 9.10. The summed E-state index contributed by atoms with van der Waals surface area (Å²) in [6.45, 7) is 2.00. The summed E-state index contributed by atoms with van der Waals surface area (Å²) in [5.74, 6) is 0.265. The molecule has 0 fully saturated rings. The number of nitrogens with one attached hydrogen (secondary N) is 1. The molecular weight excluding hydrogens is 452 g/mol. The molecule has 29 heavy (non-hydrogen) atoms. The monoisotopic (exact) mass is 466 g/mol. The van der Waals surface area contributed by atoms with E-state index in [2.05, 4.69) is 31.3 Å². The van der Waals surface area contributed by atoms with Gasteiger partial charge in [-0.2, -0.15) is 0 Å². The molecule has 0 aliphatic rings. The Balaban J connectivity index is 1.75. The number of nitrogens with zero attached hydrogens (tertiary/aromatic N) is 3. The van der Waals surface area contributed by atoms with Crippen LogP contribution >= 0.6 is 27.5 Å². The highest BCUT2D eigenvalue weighted by Crippen LogP contribution is 2.24. The van der Waals surface area contributed by atoms with Crippen LogP contribution in [-0.4, -0.2) is 20.7 Å². The number of benzene rings is 3. The van der Waals surface area contributed by atoms with E-state index in [0.29, 0.717) is 16.5 Å². The summed E-state index contributed by atoms with van der Waals surface area (Å²) in [6, 6.07) is 22.5. The predicted molar refractivity (Wildman–Crippen MR) is 119 cm³/mol. The van der Waals surface area contributed by atoms with E-state index in [1.165, 1.54) is 0 Å². The van der Waals surface area contributed by atoms with Gasteiger partial charge in [0, 0.05) is 20.7 Å². The van der Waals surface area contributed by atoms with Crippen LogP contribution in [0, 0.1) is 6.92 Å². The van der Waals surface area contributed by atoms with Crippen molar-refractivity contribution in [2.45, 2.75) is 6.92 Å². The Kier molecular flexibility index (Phi) is 5.47. The second-order valence-corrected chi connectivity index (χ2v) is 7.83. The second kappa shape index (κ2) is 8.19. The van der Waals surface area contributed by atoms with Crippen LogP contribution in [0.4, 0.5) is 5.69 Å². The number of anilines is 1. The lowest BCUT2D eigenvalue weighted by Crippen LogP contribution is -2.14. The molecule has 1 aromatic heterocycles. The first-order valence-electron chi connectivity index (χ1n) is 8.86. The maximum absolute atomic E-state index is 12.8. The average Bonchev–Trinajstić information content (AvgIpc) is 3.16. The van der Waals surface area contributed by atoms with Crippen molar-refractivity contribution >= 4 is 39.1 Å². The van der Waals surface area contributed by atoms with Crippen LogP contribution in [0.2, 0.25) is 5.02 Å². The molecular formula is C22H16BrClN4O. The Hall–Kier alpha value is -2.96. The van der Waals surface area contributed by atoms with E-state index in [-0.39, 0.29) is 11.7 Å². The fourth-order valence-electron chi connectivity index (χ4n) is 2.85. The number of hydrogen-bond acceptors (Lipinski definition) is 3. The quantitative estimate of drug-likeness (QED) is 0.406. The van der Waals surface area contributed by atoms with Crippen LogP contribution in [0.25, 0.3) is 17.1 Å². The minimum atomic E-state index is -0.381. The molecule has 4 aromatic rings. The van der Waals surface area contributed by atoms with Crippen molar-refractivity contribution in [2.75, 3.05) is 5.32 Å². The molecule has 1 amide bonds. The lowest BCUT2D eigenvalue weighted by Gasteiger charge is -2.06. The summed E-state index contributed by atoms with van der Waals surface area (Å²) in [4.78, 5) is 17.3. The molecule has 0 spiro atoms. The minimum absolute atomic E-state index is 0.0828. The average molecular weight is 468 g/mol. The lowest BCUT2D eigenvalue weighted by atomic mass is 10.2. The summed E-state index contributed by atoms with van der Waals surface area (Å²) >= 11 is 9.41. The lowest BCUT2D eigenvalue weighted by molar-refractivity contribution is 0.101. The predicted octanol–water partition coefficient (Wildman–Crippen LogP) is 5.91. The van der Waals surface area contributed by atoms with Gasteiger partial charge in [-0.15, -0.1) is 5.10 Å². The number of carbonyl (C=O) groups excluding carboxylic acids is 1. The summed E-state index contributed by atoms with van der Waals surface area (Å²) in [7, 11) is 0. The standard InChI is InChI=1S/C22H16BrClN4O/c1-14-3-2-4-19(13-14)28-21(15-5-9-17(24)10-6-15)26-20(27-28)22(29)25-18-11-7-16(23)8-12-18/h2-13H,1H3,(H,25,29). The number of halogens is 2. The number of amides is 1. The van der Waals surface area contributed by atoms with Crippen molar-refractivity contribution in [1.82, 2.24) is 14.8 Å². The first kappa shape index (κ1) is 19.4. The number of aromatic nitrogens is 3. The highest BCUT2D eigenvalue weighted by Gasteiger charge is 2.19. The molecule has 3 aromatic carbocycles. The van der Waals surface area contributed by atoms with Crippen molar-refractivity contribution < 1.29 is 4.79 Å². The molecule has 5 nitrogen and oxygen atoms in total. The largest absolute Gasteiger partial charge is 0.319 e. The van der Waals surface area contributed by atoms with Gasteiger partial charge < -0.3 is 5.32 Å². The van der Waals surface area contributed by atoms with Gasteiger partial charge in [-0.25, -0.2) is 9.67 Å². The molecule has 0 aliphatic heterocycles. The Morgan fingerprint density at radius 2 is 1.76 bits per heavy atom. The van der Waals surface area contributed by atoms with Crippen LogP contribution in [0.3, 0.4) is 0 Å². The Morgan fingerprint density at radius 1 is 1.03 bits per heavy atom. The Bertz CT molecular complexity index is 1170. The van der Waals surface area contributed by atoms with Crippen LogP contribution in [0.1, 0.15) is 16.2 Å². The maximum Gasteiger partial charge on any atom is 0.295 e. The first-order valence-corrected chi connectivity index (χ1v) is 10.0. The summed E-state index contributed by atoms with van der Waals surface area (Å²) < 4.78 is 2.61. The van der Waals surface area contributed by atoms with Gasteiger partial charge in [0.1, 0.15) is 0 Å². The van der Waals surface area contributed by atoms with E-state index in [0.717, 1.165) is 21.3 Å². The molecule has 0 aliphatic carbocycles. The molecule has 144 valence electrons. The zero-order valence-electron chi connectivity index (χ0n) is 15.4. The third-order valence-corrected chi connectivity index (χ3v) is 5.04. The smallest absolute Gasteiger partial charge is 0.295 e. The summed E-state index contributed by atoms with van der Waals surface area (Å²) in [6.07, 6.45) is 0. The molecule has 0 saturated carbocycles. The van der Waals surface area contributed by atoms with E-state index < -0.39 is 0 Å². The minimum Gasteiger partial charge on any atom is -0.319 e. The number of rotatable bonds is 4. The fraction of sp³-hybridized carbons (Fsp3) is 0.0455. The van der Waals surface area contributed by atoms with Crippen LogP contribution in [0.15, 0.2) is 77.3 Å². The van der Waals surface area contributed by atoms with E-state index in [1.807, 2.05) is 55.5 Å². The van der Waals surface area contributed by atoms with Crippen LogP contribution in [-0.2, 0) is 0 Å². The van der Waals surface area contributed by atoms with Gasteiger partial charge in [-0.1, -0.05) is 39.7 Å². The first-order chi connectivity index (χ1) is 14.0. The third-order valence-electron chi connectivity index (χ3n) is 4.26. The summed E-state index contributed by atoms with van der Waals surface area (Å²) in [5, 5.41) is 7.94. The van der Waals surface area contributed by atoms with E-state index in [9.17, 15) is 4.79 Å².